The summed E-state index contributed by atoms with van der Waals surface area (Å²) >= 11 is 0. The normalized spacial score (nSPS) is 25.7. The molecular formula is C23H24O. The second kappa shape index (κ2) is 5.73. The second-order valence-corrected chi connectivity index (χ2v) is 7.60. The molecule has 0 bridgehead atoms. The van der Waals surface area contributed by atoms with Gasteiger partial charge in [-0.2, -0.15) is 0 Å². The third kappa shape index (κ3) is 2.34. The average molecular weight is 316 g/mol. The van der Waals surface area contributed by atoms with Crippen molar-refractivity contribution in [1.29, 1.82) is 0 Å². The van der Waals surface area contributed by atoms with E-state index < -0.39 is 0 Å². The molecule has 1 unspecified atom stereocenters. The molecule has 1 fully saturated rings. The van der Waals surface area contributed by atoms with Crippen molar-refractivity contribution < 1.29 is 4.79 Å². The first-order valence-corrected chi connectivity index (χ1v) is 9.02. The number of allylic oxidation sites excluding steroid dienone is 2. The molecule has 0 aliphatic heterocycles. The number of fused-ring (bicyclic) bond motifs is 1. The molecule has 0 spiro atoms. The minimum absolute atomic E-state index is 0.0718. The van der Waals surface area contributed by atoms with Gasteiger partial charge >= 0.3 is 0 Å². The van der Waals surface area contributed by atoms with E-state index in [9.17, 15) is 4.79 Å². The highest BCUT2D eigenvalue weighted by molar-refractivity contribution is 5.98. The van der Waals surface area contributed by atoms with Gasteiger partial charge in [-0.15, -0.1) is 0 Å². The third-order valence-electron chi connectivity index (χ3n) is 6.12. The molecule has 1 heteroatoms. The Bertz CT molecular complexity index is 733. The van der Waals surface area contributed by atoms with Crippen molar-refractivity contribution >= 4 is 5.78 Å². The van der Waals surface area contributed by atoms with Gasteiger partial charge in [-0.25, -0.2) is 0 Å². The van der Waals surface area contributed by atoms with Gasteiger partial charge in [0, 0.05) is 11.8 Å². The molecule has 1 nitrogen and oxygen atoms in total. The van der Waals surface area contributed by atoms with E-state index in [1.807, 2.05) is 0 Å². The lowest BCUT2D eigenvalue weighted by Crippen LogP contribution is -2.39. The van der Waals surface area contributed by atoms with Crippen molar-refractivity contribution in [2.24, 2.45) is 5.41 Å². The Labute approximate surface area is 144 Å². The number of benzene rings is 2. The fourth-order valence-corrected chi connectivity index (χ4v) is 4.64. The molecule has 4 rings (SSSR count). The zero-order valence-corrected chi connectivity index (χ0v) is 14.3. The first-order valence-electron chi connectivity index (χ1n) is 9.02. The molecule has 0 N–H and O–H groups in total. The number of hydrogen-bond acceptors (Lipinski definition) is 1. The number of carbonyl (C=O) groups is 1. The summed E-state index contributed by atoms with van der Waals surface area (Å²) in [5.74, 6) is 0.361. The van der Waals surface area contributed by atoms with Crippen molar-refractivity contribution in [2.45, 2.75) is 44.4 Å². The van der Waals surface area contributed by atoms with Crippen LogP contribution in [0.25, 0.3) is 0 Å². The van der Waals surface area contributed by atoms with E-state index in [0.29, 0.717) is 12.2 Å². The number of carbonyl (C=O) groups excluding carboxylic acids is 1. The van der Waals surface area contributed by atoms with Gasteiger partial charge in [0.2, 0.25) is 0 Å². The monoisotopic (exact) mass is 316 g/mol. The first kappa shape index (κ1) is 15.4. The van der Waals surface area contributed by atoms with Crippen LogP contribution in [0.4, 0.5) is 0 Å². The summed E-state index contributed by atoms with van der Waals surface area (Å²) in [6.07, 6.45) is 7.35. The predicted molar refractivity (Wildman–Crippen MR) is 97.9 cm³/mol. The molecule has 0 amide bonds. The maximum absolute atomic E-state index is 12.7. The van der Waals surface area contributed by atoms with E-state index in [4.69, 9.17) is 0 Å². The van der Waals surface area contributed by atoms with Gasteiger partial charge < -0.3 is 0 Å². The first-order chi connectivity index (χ1) is 11.6. The van der Waals surface area contributed by atoms with Crippen LogP contribution in [0.15, 0.2) is 72.3 Å². The molecule has 0 aromatic heterocycles. The van der Waals surface area contributed by atoms with Gasteiger partial charge in [0.05, 0.1) is 0 Å². The molecule has 122 valence electrons. The smallest absolute Gasteiger partial charge is 0.159 e. The SMILES string of the molecule is CC12CCCC(=O)C1=CC(c1ccccc1)(c1ccccc1)CC2. The van der Waals surface area contributed by atoms with E-state index in [1.165, 1.54) is 11.1 Å². The Morgan fingerprint density at radius 2 is 1.38 bits per heavy atom. The van der Waals surface area contributed by atoms with Gasteiger partial charge in [0.1, 0.15) is 0 Å². The van der Waals surface area contributed by atoms with Crippen molar-refractivity contribution in [3.8, 4) is 0 Å². The van der Waals surface area contributed by atoms with Crippen LogP contribution < -0.4 is 0 Å². The predicted octanol–water partition coefficient (Wildman–Crippen LogP) is 5.45. The highest BCUT2D eigenvalue weighted by Crippen LogP contribution is 2.53. The molecule has 2 aliphatic rings. The summed E-state index contributed by atoms with van der Waals surface area (Å²) in [4.78, 5) is 12.7. The minimum atomic E-state index is -0.176. The molecule has 2 aromatic rings. The molecule has 2 aliphatic carbocycles. The Morgan fingerprint density at radius 1 is 0.792 bits per heavy atom. The van der Waals surface area contributed by atoms with Crippen molar-refractivity contribution in [3.63, 3.8) is 0 Å². The average Bonchev–Trinajstić information content (AvgIpc) is 2.63. The highest BCUT2D eigenvalue weighted by atomic mass is 16.1. The third-order valence-corrected chi connectivity index (χ3v) is 6.12. The fourth-order valence-electron chi connectivity index (χ4n) is 4.64. The van der Waals surface area contributed by atoms with Crippen LogP contribution in [0.1, 0.15) is 50.2 Å². The Balaban J connectivity index is 1.94. The van der Waals surface area contributed by atoms with Crippen LogP contribution in [-0.2, 0) is 10.2 Å². The Morgan fingerprint density at radius 3 is 1.96 bits per heavy atom. The zero-order valence-electron chi connectivity index (χ0n) is 14.3. The molecule has 1 saturated carbocycles. The topological polar surface area (TPSA) is 17.1 Å². The van der Waals surface area contributed by atoms with Gasteiger partial charge in [0.25, 0.3) is 0 Å². The maximum atomic E-state index is 12.7. The maximum Gasteiger partial charge on any atom is 0.159 e. The van der Waals surface area contributed by atoms with E-state index in [2.05, 4.69) is 73.7 Å². The van der Waals surface area contributed by atoms with E-state index >= 15 is 0 Å². The molecule has 24 heavy (non-hydrogen) atoms. The highest BCUT2D eigenvalue weighted by Gasteiger charge is 2.45. The summed E-state index contributed by atoms with van der Waals surface area (Å²) in [6.45, 7) is 2.29. The van der Waals surface area contributed by atoms with Gasteiger partial charge in [-0.1, -0.05) is 73.7 Å². The standard InChI is InChI=1S/C23H24O/c1-22-14-8-13-21(24)20(22)17-23(16-15-22,18-9-4-2-5-10-18)19-11-6-3-7-12-19/h2-7,9-12,17H,8,13-16H2,1H3. The summed E-state index contributed by atoms with van der Waals surface area (Å²) in [6, 6.07) is 21.4. The lowest BCUT2D eigenvalue weighted by atomic mass is 9.57. The summed E-state index contributed by atoms with van der Waals surface area (Å²) in [5, 5.41) is 0. The van der Waals surface area contributed by atoms with Gasteiger partial charge in [0.15, 0.2) is 5.78 Å². The quantitative estimate of drug-likeness (QED) is 0.720. The van der Waals surface area contributed by atoms with Crippen LogP contribution in [0.2, 0.25) is 0 Å². The molecule has 1 atom stereocenters. The number of Topliss-reactive ketones (excluding diaryl/α,β-unsaturated/α-hetero) is 1. The molecule has 0 radical (unpaired) electrons. The van der Waals surface area contributed by atoms with Crippen LogP contribution in [-0.4, -0.2) is 5.78 Å². The van der Waals surface area contributed by atoms with Gasteiger partial charge in [-0.3, -0.25) is 4.79 Å². The summed E-state index contributed by atoms with van der Waals surface area (Å²) < 4.78 is 0. The van der Waals surface area contributed by atoms with E-state index in [-0.39, 0.29) is 10.8 Å². The van der Waals surface area contributed by atoms with Crippen LogP contribution in [0, 0.1) is 5.41 Å². The van der Waals surface area contributed by atoms with Crippen LogP contribution in [0.5, 0.6) is 0 Å². The molecular weight excluding hydrogens is 292 g/mol. The largest absolute Gasteiger partial charge is 0.295 e. The molecule has 2 aromatic carbocycles. The summed E-state index contributed by atoms with van der Waals surface area (Å²) in [7, 11) is 0. The fraction of sp³-hybridized carbons (Fsp3) is 0.348. The number of ketones is 1. The second-order valence-electron chi connectivity index (χ2n) is 7.60. The lowest BCUT2D eigenvalue weighted by Gasteiger charge is -2.46. The lowest BCUT2D eigenvalue weighted by molar-refractivity contribution is -0.118. The Hall–Kier alpha value is -2.15. The zero-order chi connectivity index (χ0) is 16.6. The molecule has 0 saturated heterocycles. The summed E-state index contributed by atoms with van der Waals surface area (Å²) in [5.41, 5.74) is 3.56. The van der Waals surface area contributed by atoms with E-state index in [0.717, 1.165) is 31.3 Å². The van der Waals surface area contributed by atoms with E-state index in [1.54, 1.807) is 0 Å². The number of hydrogen-bond donors (Lipinski definition) is 0. The molecule has 0 heterocycles. The van der Waals surface area contributed by atoms with Crippen molar-refractivity contribution in [2.75, 3.05) is 0 Å². The van der Waals surface area contributed by atoms with Crippen LogP contribution in [0.3, 0.4) is 0 Å². The van der Waals surface area contributed by atoms with Crippen molar-refractivity contribution in [1.82, 2.24) is 0 Å². The van der Waals surface area contributed by atoms with Crippen molar-refractivity contribution in [3.05, 3.63) is 83.4 Å². The van der Waals surface area contributed by atoms with Gasteiger partial charge in [-0.05, 0) is 47.8 Å². The number of rotatable bonds is 2. The van der Waals surface area contributed by atoms with Crippen LogP contribution >= 0.6 is 0 Å². The minimum Gasteiger partial charge on any atom is -0.295 e. The Kier molecular flexibility index (Phi) is 3.68.